The van der Waals surface area contributed by atoms with Gasteiger partial charge in [0.05, 0.1) is 19.3 Å². The Bertz CT molecular complexity index is 697. The number of carbonyl (C=O) groups excluding carboxylic acids is 1. The molecule has 0 radical (unpaired) electrons. The van der Waals surface area contributed by atoms with E-state index < -0.39 is 5.97 Å². The number of fused-ring (bicyclic) bond motifs is 1. The molecule has 0 N–H and O–H groups in total. The number of imidazole rings is 1. The van der Waals surface area contributed by atoms with E-state index in [1.807, 2.05) is 35.0 Å². The summed E-state index contributed by atoms with van der Waals surface area (Å²) in [5, 5.41) is 4.03. The fourth-order valence-electron chi connectivity index (χ4n) is 1.78. The third kappa shape index (κ3) is 2.17. The summed E-state index contributed by atoms with van der Waals surface area (Å²) in [5.74, 6) is -0.500. The predicted molar refractivity (Wildman–Crippen MR) is 65.7 cm³/mol. The molecule has 19 heavy (non-hydrogen) atoms. The number of hydrogen-bond acceptors (Lipinski definition) is 5. The number of nitrogens with zero attached hydrogens (tertiary/aromatic N) is 5. The van der Waals surface area contributed by atoms with Gasteiger partial charge in [0.2, 0.25) is 0 Å². The van der Waals surface area contributed by atoms with Crippen molar-refractivity contribution < 1.29 is 9.53 Å². The zero-order chi connectivity index (χ0) is 13.2. The second kappa shape index (κ2) is 4.52. The zero-order valence-electron chi connectivity index (χ0n) is 10.2. The van der Waals surface area contributed by atoms with Crippen molar-refractivity contribution in [2.24, 2.45) is 0 Å². The summed E-state index contributed by atoms with van der Waals surface area (Å²) in [6.07, 6.45) is 5.32. The summed E-state index contributed by atoms with van der Waals surface area (Å²) in [5.41, 5.74) is 1.71. The molecule has 0 bridgehead atoms. The summed E-state index contributed by atoms with van der Waals surface area (Å²) in [4.78, 5) is 19.6. The van der Waals surface area contributed by atoms with Crippen LogP contribution in [-0.4, -0.2) is 37.2 Å². The molecule has 0 aliphatic carbocycles. The number of aromatic nitrogens is 5. The van der Waals surface area contributed by atoms with Crippen LogP contribution in [0.3, 0.4) is 0 Å². The highest BCUT2D eigenvalue weighted by Gasteiger charge is 2.11. The average Bonchev–Trinajstić information content (AvgIpc) is 3.04. The Morgan fingerprint density at radius 3 is 3.11 bits per heavy atom. The molecule has 0 saturated carbocycles. The lowest BCUT2D eigenvalue weighted by atomic mass is 10.5. The van der Waals surface area contributed by atoms with Gasteiger partial charge in [-0.3, -0.25) is 0 Å². The van der Waals surface area contributed by atoms with Crippen molar-refractivity contribution in [2.45, 2.75) is 6.54 Å². The van der Waals surface area contributed by atoms with Gasteiger partial charge in [-0.05, 0) is 12.1 Å². The summed E-state index contributed by atoms with van der Waals surface area (Å²) in [7, 11) is 1.30. The molecular formula is C12H11N5O2. The Balaban J connectivity index is 1.84. The zero-order valence-corrected chi connectivity index (χ0v) is 10.2. The van der Waals surface area contributed by atoms with Gasteiger partial charge >= 0.3 is 5.97 Å². The lowest BCUT2D eigenvalue weighted by molar-refractivity contribution is 0.0586. The van der Waals surface area contributed by atoms with Crippen LogP contribution in [-0.2, 0) is 11.3 Å². The molecular weight excluding hydrogens is 246 g/mol. The van der Waals surface area contributed by atoms with Gasteiger partial charge < -0.3 is 9.14 Å². The molecule has 0 fully saturated rings. The van der Waals surface area contributed by atoms with Gasteiger partial charge in [0.15, 0.2) is 0 Å². The van der Waals surface area contributed by atoms with Crippen molar-refractivity contribution in [3.8, 4) is 0 Å². The van der Waals surface area contributed by atoms with E-state index in [-0.39, 0.29) is 5.82 Å². The van der Waals surface area contributed by atoms with Crippen LogP contribution in [0.2, 0.25) is 0 Å². The van der Waals surface area contributed by atoms with Gasteiger partial charge in [0, 0.05) is 12.4 Å². The second-order valence-electron chi connectivity index (χ2n) is 3.96. The standard InChI is InChI=1S/C12H11N5O2/c1-19-12(18)11-13-8-17(15-11)7-9-6-16-5-3-2-4-10(16)14-9/h2-6,8H,7H2,1H3. The smallest absolute Gasteiger partial charge is 0.377 e. The fourth-order valence-corrected chi connectivity index (χ4v) is 1.78. The molecule has 3 heterocycles. The molecule has 7 nitrogen and oxygen atoms in total. The van der Waals surface area contributed by atoms with Crippen LogP contribution < -0.4 is 0 Å². The van der Waals surface area contributed by atoms with Gasteiger partial charge in [0.1, 0.15) is 12.0 Å². The van der Waals surface area contributed by atoms with E-state index in [2.05, 4.69) is 19.8 Å². The van der Waals surface area contributed by atoms with Crippen molar-refractivity contribution in [3.63, 3.8) is 0 Å². The van der Waals surface area contributed by atoms with E-state index in [9.17, 15) is 4.79 Å². The molecule has 0 saturated heterocycles. The SMILES string of the molecule is COC(=O)c1ncn(Cc2cn3ccccc3n2)n1. The highest BCUT2D eigenvalue weighted by Crippen LogP contribution is 2.06. The van der Waals surface area contributed by atoms with Gasteiger partial charge in [-0.1, -0.05) is 6.07 Å². The molecule has 0 aliphatic heterocycles. The normalized spacial score (nSPS) is 10.8. The van der Waals surface area contributed by atoms with Gasteiger partial charge in [-0.15, -0.1) is 5.10 Å². The largest absolute Gasteiger partial charge is 0.463 e. The molecule has 0 spiro atoms. The van der Waals surface area contributed by atoms with Gasteiger partial charge in [-0.2, -0.15) is 0 Å². The van der Waals surface area contributed by atoms with E-state index in [4.69, 9.17) is 0 Å². The Labute approximate surface area is 108 Å². The molecule has 96 valence electrons. The number of esters is 1. The summed E-state index contributed by atoms with van der Waals surface area (Å²) >= 11 is 0. The maximum atomic E-state index is 11.2. The van der Waals surface area contributed by atoms with Crippen LogP contribution >= 0.6 is 0 Å². The van der Waals surface area contributed by atoms with E-state index in [1.54, 1.807) is 4.68 Å². The highest BCUT2D eigenvalue weighted by molar-refractivity contribution is 5.84. The van der Waals surface area contributed by atoms with Gasteiger partial charge in [-0.25, -0.2) is 19.4 Å². The van der Waals surface area contributed by atoms with Crippen LogP contribution in [0.5, 0.6) is 0 Å². The van der Waals surface area contributed by atoms with Crippen molar-refractivity contribution in [3.05, 3.63) is 48.4 Å². The Morgan fingerprint density at radius 2 is 2.32 bits per heavy atom. The molecule has 3 rings (SSSR count). The van der Waals surface area contributed by atoms with Crippen LogP contribution in [0.25, 0.3) is 5.65 Å². The van der Waals surface area contributed by atoms with Gasteiger partial charge in [0.25, 0.3) is 5.82 Å². The summed E-state index contributed by atoms with van der Waals surface area (Å²) < 4.78 is 8.02. The number of methoxy groups -OCH3 is 1. The van der Waals surface area contributed by atoms with Crippen LogP contribution in [0.15, 0.2) is 36.9 Å². The molecule has 0 aromatic carbocycles. The molecule has 7 heteroatoms. The van der Waals surface area contributed by atoms with Crippen LogP contribution in [0.1, 0.15) is 16.3 Å². The number of ether oxygens (including phenoxy) is 1. The first-order chi connectivity index (χ1) is 9.26. The maximum absolute atomic E-state index is 11.2. The first kappa shape index (κ1) is 11.4. The predicted octanol–water partition coefficient (Wildman–Crippen LogP) is 0.761. The number of rotatable bonds is 3. The molecule has 0 amide bonds. The quantitative estimate of drug-likeness (QED) is 0.647. The number of carbonyl (C=O) groups is 1. The molecule has 3 aromatic rings. The molecule has 3 aromatic heterocycles. The Morgan fingerprint density at radius 1 is 1.42 bits per heavy atom. The maximum Gasteiger partial charge on any atom is 0.377 e. The highest BCUT2D eigenvalue weighted by atomic mass is 16.5. The molecule has 0 aliphatic rings. The Hall–Kier alpha value is -2.70. The van der Waals surface area contributed by atoms with E-state index in [0.29, 0.717) is 6.54 Å². The van der Waals surface area contributed by atoms with E-state index in [1.165, 1.54) is 13.4 Å². The lowest BCUT2D eigenvalue weighted by Crippen LogP contribution is -2.06. The third-order valence-corrected chi connectivity index (χ3v) is 2.64. The second-order valence-corrected chi connectivity index (χ2v) is 3.96. The first-order valence-corrected chi connectivity index (χ1v) is 5.66. The van der Waals surface area contributed by atoms with E-state index >= 15 is 0 Å². The summed E-state index contributed by atoms with van der Waals surface area (Å²) in [6, 6.07) is 5.78. The first-order valence-electron chi connectivity index (χ1n) is 5.66. The Kier molecular flexibility index (Phi) is 2.71. The topological polar surface area (TPSA) is 74.3 Å². The minimum atomic E-state index is -0.547. The van der Waals surface area contributed by atoms with Crippen molar-refractivity contribution >= 4 is 11.6 Å². The van der Waals surface area contributed by atoms with Crippen molar-refractivity contribution in [1.29, 1.82) is 0 Å². The van der Waals surface area contributed by atoms with Crippen molar-refractivity contribution in [1.82, 2.24) is 24.1 Å². The molecule has 0 atom stereocenters. The molecule has 0 unspecified atom stereocenters. The minimum absolute atomic E-state index is 0.0475. The van der Waals surface area contributed by atoms with Crippen LogP contribution in [0, 0.1) is 0 Å². The lowest BCUT2D eigenvalue weighted by Gasteiger charge is -1.95. The third-order valence-electron chi connectivity index (χ3n) is 2.64. The number of pyridine rings is 1. The van der Waals surface area contributed by atoms with E-state index in [0.717, 1.165) is 11.3 Å². The fraction of sp³-hybridized carbons (Fsp3) is 0.167. The monoisotopic (exact) mass is 257 g/mol. The van der Waals surface area contributed by atoms with Crippen molar-refractivity contribution in [2.75, 3.05) is 7.11 Å². The summed E-state index contributed by atoms with van der Waals surface area (Å²) in [6.45, 7) is 0.450. The number of hydrogen-bond donors (Lipinski definition) is 0. The van der Waals surface area contributed by atoms with Crippen LogP contribution in [0.4, 0.5) is 0 Å². The minimum Gasteiger partial charge on any atom is -0.463 e. The average molecular weight is 257 g/mol.